The quantitative estimate of drug-likeness (QED) is 0.639. The average molecular weight is 229 g/mol. The van der Waals surface area contributed by atoms with Crippen LogP contribution in [0.4, 0.5) is 0 Å². The van der Waals surface area contributed by atoms with Crippen LogP contribution in [0.15, 0.2) is 0 Å². The van der Waals surface area contributed by atoms with Crippen molar-refractivity contribution in [3.63, 3.8) is 0 Å². The number of nitrogens with one attached hydrogen (secondary N) is 1. The van der Waals surface area contributed by atoms with Crippen molar-refractivity contribution < 1.29 is 0 Å². The summed E-state index contributed by atoms with van der Waals surface area (Å²) >= 11 is 2.18. The lowest BCUT2D eigenvalue weighted by atomic mass is 10.1. The zero-order valence-electron chi connectivity index (χ0n) is 10.4. The van der Waals surface area contributed by atoms with Gasteiger partial charge in [-0.15, -0.1) is 0 Å². The SMILES string of the molecule is CCCNCC(C)CSCC1CCCC1. The molecule has 1 fully saturated rings. The predicted molar refractivity (Wildman–Crippen MR) is 71.6 cm³/mol. The Morgan fingerprint density at radius 2 is 2.07 bits per heavy atom. The van der Waals surface area contributed by atoms with E-state index in [-0.39, 0.29) is 0 Å². The molecule has 0 aromatic rings. The Morgan fingerprint density at radius 3 is 2.73 bits per heavy atom. The average Bonchev–Trinajstić information content (AvgIpc) is 2.71. The minimum Gasteiger partial charge on any atom is -0.316 e. The highest BCUT2D eigenvalue weighted by molar-refractivity contribution is 7.99. The maximum atomic E-state index is 3.50. The van der Waals surface area contributed by atoms with Gasteiger partial charge in [-0.2, -0.15) is 11.8 Å². The number of hydrogen-bond acceptors (Lipinski definition) is 2. The normalized spacial score (nSPS) is 19.6. The van der Waals surface area contributed by atoms with Crippen molar-refractivity contribution in [1.29, 1.82) is 0 Å². The molecule has 0 aromatic carbocycles. The standard InChI is InChI=1S/C13H27NS/c1-3-8-14-9-12(2)10-15-11-13-6-4-5-7-13/h12-14H,3-11H2,1-2H3. The minimum absolute atomic E-state index is 0.836. The molecule has 1 aliphatic carbocycles. The fraction of sp³-hybridized carbons (Fsp3) is 1.00. The van der Waals surface area contributed by atoms with Gasteiger partial charge in [0.2, 0.25) is 0 Å². The van der Waals surface area contributed by atoms with Crippen LogP contribution in [0.25, 0.3) is 0 Å². The van der Waals surface area contributed by atoms with E-state index >= 15 is 0 Å². The van der Waals surface area contributed by atoms with E-state index in [1.807, 2.05) is 0 Å². The summed E-state index contributed by atoms with van der Waals surface area (Å²) < 4.78 is 0. The molecule has 0 radical (unpaired) electrons. The lowest BCUT2D eigenvalue weighted by molar-refractivity contribution is 0.555. The second kappa shape index (κ2) is 8.46. The molecule has 0 saturated heterocycles. The number of rotatable bonds is 8. The molecule has 1 rings (SSSR count). The molecule has 1 N–H and O–H groups in total. The monoisotopic (exact) mass is 229 g/mol. The van der Waals surface area contributed by atoms with E-state index in [4.69, 9.17) is 0 Å². The van der Waals surface area contributed by atoms with E-state index in [2.05, 4.69) is 30.9 Å². The third-order valence-corrected chi connectivity index (χ3v) is 4.66. The summed E-state index contributed by atoms with van der Waals surface area (Å²) in [6, 6.07) is 0. The molecule has 0 amide bonds. The summed E-state index contributed by atoms with van der Waals surface area (Å²) in [4.78, 5) is 0. The summed E-state index contributed by atoms with van der Waals surface area (Å²) in [6.45, 7) is 6.97. The molecule has 1 unspecified atom stereocenters. The molecule has 0 aromatic heterocycles. The molecular formula is C13H27NS. The smallest absolute Gasteiger partial charge is 0.00153 e. The van der Waals surface area contributed by atoms with Crippen molar-refractivity contribution >= 4 is 11.8 Å². The van der Waals surface area contributed by atoms with Gasteiger partial charge in [0.25, 0.3) is 0 Å². The maximum absolute atomic E-state index is 3.50. The minimum atomic E-state index is 0.836. The van der Waals surface area contributed by atoms with E-state index in [1.165, 1.54) is 56.7 Å². The zero-order valence-corrected chi connectivity index (χ0v) is 11.2. The van der Waals surface area contributed by atoms with Crippen LogP contribution in [0.2, 0.25) is 0 Å². The second-order valence-electron chi connectivity index (χ2n) is 5.00. The van der Waals surface area contributed by atoms with Crippen LogP contribution in [0, 0.1) is 11.8 Å². The van der Waals surface area contributed by atoms with Gasteiger partial charge in [-0.1, -0.05) is 26.7 Å². The largest absolute Gasteiger partial charge is 0.316 e. The van der Waals surface area contributed by atoms with Crippen LogP contribution in [0.1, 0.15) is 46.0 Å². The Labute approximate surface area is 99.8 Å². The number of hydrogen-bond donors (Lipinski definition) is 1. The van der Waals surface area contributed by atoms with Crippen LogP contribution in [-0.2, 0) is 0 Å². The third kappa shape index (κ3) is 6.47. The first-order valence-electron chi connectivity index (χ1n) is 6.61. The molecule has 1 saturated carbocycles. The first kappa shape index (κ1) is 13.4. The van der Waals surface area contributed by atoms with Crippen molar-refractivity contribution in [2.24, 2.45) is 11.8 Å². The molecule has 0 bridgehead atoms. The van der Waals surface area contributed by atoms with Crippen LogP contribution >= 0.6 is 11.8 Å². The lowest BCUT2D eigenvalue weighted by Gasteiger charge is -2.13. The maximum Gasteiger partial charge on any atom is -0.00153 e. The first-order chi connectivity index (χ1) is 7.33. The summed E-state index contributed by atoms with van der Waals surface area (Å²) in [6.07, 6.45) is 7.21. The van der Waals surface area contributed by atoms with E-state index < -0.39 is 0 Å². The molecule has 0 spiro atoms. The highest BCUT2D eigenvalue weighted by Gasteiger charge is 2.14. The van der Waals surface area contributed by atoms with Gasteiger partial charge in [0.1, 0.15) is 0 Å². The van der Waals surface area contributed by atoms with Gasteiger partial charge in [-0.25, -0.2) is 0 Å². The van der Waals surface area contributed by atoms with Crippen LogP contribution in [0.3, 0.4) is 0 Å². The Morgan fingerprint density at radius 1 is 1.33 bits per heavy atom. The molecule has 0 heterocycles. The van der Waals surface area contributed by atoms with Gasteiger partial charge in [0.15, 0.2) is 0 Å². The second-order valence-corrected chi connectivity index (χ2v) is 6.07. The van der Waals surface area contributed by atoms with E-state index in [9.17, 15) is 0 Å². The lowest BCUT2D eigenvalue weighted by Crippen LogP contribution is -2.23. The summed E-state index contributed by atoms with van der Waals surface area (Å²) in [5, 5.41) is 3.50. The van der Waals surface area contributed by atoms with Gasteiger partial charge < -0.3 is 5.32 Å². The van der Waals surface area contributed by atoms with E-state index in [0.29, 0.717) is 0 Å². The molecular weight excluding hydrogens is 202 g/mol. The fourth-order valence-corrected chi connectivity index (χ4v) is 3.52. The zero-order chi connectivity index (χ0) is 10.9. The van der Waals surface area contributed by atoms with Crippen molar-refractivity contribution in [3.05, 3.63) is 0 Å². The van der Waals surface area contributed by atoms with Gasteiger partial charge in [-0.05, 0) is 55.7 Å². The Bertz CT molecular complexity index is 143. The molecule has 15 heavy (non-hydrogen) atoms. The van der Waals surface area contributed by atoms with Crippen molar-refractivity contribution in [3.8, 4) is 0 Å². The van der Waals surface area contributed by atoms with Crippen molar-refractivity contribution in [2.75, 3.05) is 24.6 Å². The van der Waals surface area contributed by atoms with Crippen LogP contribution in [0.5, 0.6) is 0 Å². The molecule has 1 atom stereocenters. The molecule has 1 aliphatic rings. The van der Waals surface area contributed by atoms with E-state index in [0.717, 1.165) is 11.8 Å². The van der Waals surface area contributed by atoms with Crippen molar-refractivity contribution in [1.82, 2.24) is 5.32 Å². The van der Waals surface area contributed by atoms with Gasteiger partial charge in [0.05, 0.1) is 0 Å². The summed E-state index contributed by atoms with van der Waals surface area (Å²) in [5.41, 5.74) is 0. The van der Waals surface area contributed by atoms with Gasteiger partial charge in [-0.3, -0.25) is 0 Å². The van der Waals surface area contributed by atoms with Gasteiger partial charge in [0, 0.05) is 0 Å². The third-order valence-electron chi connectivity index (χ3n) is 3.15. The molecule has 90 valence electrons. The Hall–Kier alpha value is 0.310. The van der Waals surface area contributed by atoms with Crippen LogP contribution < -0.4 is 5.32 Å². The summed E-state index contributed by atoms with van der Waals surface area (Å²) in [7, 11) is 0. The molecule has 1 nitrogen and oxygen atoms in total. The van der Waals surface area contributed by atoms with E-state index in [1.54, 1.807) is 0 Å². The van der Waals surface area contributed by atoms with Crippen molar-refractivity contribution in [2.45, 2.75) is 46.0 Å². The topological polar surface area (TPSA) is 12.0 Å². The predicted octanol–water partition coefficient (Wildman–Crippen LogP) is 3.55. The molecule has 2 heteroatoms. The highest BCUT2D eigenvalue weighted by atomic mass is 32.2. The Balaban J connectivity index is 1.89. The Kier molecular flexibility index (Phi) is 7.54. The summed E-state index contributed by atoms with van der Waals surface area (Å²) in [5.74, 6) is 4.64. The highest BCUT2D eigenvalue weighted by Crippen LogP contribution is 2.28. The molecule has 0 aliphatic heterocycles. The fourth-order valence-electron chi connectivity index (χ4n) is 2.20. The number of thioether (sulfide) groups is 1. The van der Waals surface area contributed by atoms with Crippen LogP contribution in [-0.4, -0.2) is 24.6 Å². The van der Waals surface area contributed by atoms with Gasteiger partial charge >= 0.3 is 0 Å². The first-order valence-corrected chi connectivity index (χ1v) is 7.76.